The molecule has 0 N–H and O–H groups in total. The predicted molar refractivity (Wildman–Crippen MR) is 330 cm³/mol. The van der Waals surface area contributed by atoms with E-state index >= 15 is 0 Å². The number of allylic oxidation sites excluding steroid dienone is 18. The first-order valence-electron chi connectivity index (χ1n) is 31.9. The van der Waals surface area contributed by atoms with Crippen molar-refractivity contribution >= 4 is 17.9 Å². The summed E-state index contributed by atoms with van der Waals surface area (Å²) in [6.45, 7) is 6.50. The van der Waals surface area contributed by atoms with Crippen LogP contribution in [0.25, 0.3) is 0 Å². The largest absolute Gasteiger partial charge is 0.462 e. The Hall–Kier alpha value is -3.93. The van der Waals surface area contributed by atoms with Gasteiger partial charge in [0.1, 0.15) is 13.2 Å². The van der Waals surface area contributed by atoms with Gasteiger partial charge in [-0.05, 0) is 109 Å². The number of carbonyl (C=O) groups excluding carboxylic acids is 3. The number of hydrogen-bond acceptors (Lipinski definition) is 6. The molecule has 0 heterocycles. The summed E-state index contributed by atoms with van der Waals surface area (Å²) in [7, 11) is 0. The van der Waals surface area contributed by atoms with E-state index in [2.05, 4.69) is 130 Å². The van der Waals surface area contributed by atoms with Crippen LogP contribution >= 0.6 is 0 Å². The lowest BCUT2D eigenvalue weighted by molar-refractivity contribution is -0.167. The maximum absolute atomic E-state index is 12.9. The van der Waals surface area contributed by atoms with E-state index in [4.69, 9.17) is 14.2 Å². The standard InChI is InChI=1S/C70H118O6/c1-4-7-10-13-16-19-21-23-25-27-29-30-31-32-33-34-35-36-37-38-39-40-41-43-44-46-48-51-54-57-60-63-69(72)75-66-67(65-74-68(71)62-59-56-53-50-18-15-12-9-6-3)76-70(73)64-61-58-55-52-49-47-45-42-28-26-24-22-20-17-14-11-8-5-2/h7,10,16,19,23,25-26,28-30,32-33,35-36,38-39,41,43,67H,4-6,8-9,11-15,17-18,20-22,24,27,31,34,37,40,42,44-66H2,1-3H3/b10-7-,19-16-,25-23-,28-26-,30-29-,33-32-,36-35-,39-38-,43-41-. The van der Waals surface area contributed by atoms with Crippen LogP contribution in [-0.4, -0.2) is 37.2 Å². The van der Waals surface area contributed by atoms with E-state index in [1.54, 1.807) is 0 Å². The van der Waals surface area contributed by atoms with Crippen molar-refractivity contribution in [1.29, 1.82) is 0 Å². The van der Waals surface area contributed by atoms with Crippen LogP contribution < -0.4 is 0 Å². The zero-order valence-corrected chi connectivity index (χ0v) is 49.7. The van der Waals surface area contributed by atoms with Gasteiger partial charge in [-0.1, -0.05) is 278 Å². The first-order chi connectivity index (χ1) is 37.5. The molecule has 6 heteroatoms. The molecule has 76 heavy (non-hydrogen) atoms. The smallest absolute Gasteiger partial charge is 0.306 e. The second-order valence-electron chi connectivity index (χ2n) is 20.9. The third-order valence-electron chi connectivity index (χ3n) is 13.5. The molecule has 0 saturated heterocycles. The fourth-order valence-electron chi connectivity index (χ4n) is 8.75. The second kappa shape index (κ2) is 63.6. The van der Waals surface area contributed by atoms with Gasteiger partial charge in [-0.2, -0.15) is 0 Å². The topological polar surface area (TPSA) is 78.9 Å². The fraction of sp³-hybridized carbons (Fsp3) is 0.700. The van der Waals surface area contributed by atoms with E-state index in [1.807, 2.05) is 0 Å². The Bertz CT molecular complexity index is 1540. The predicted octanol–water partition coefficient (Wildman–Crippen LogP) is 21.8. The Morgan fingerprint density at radius 1 is 0.276 bits per heavy atom. The Balaban J connectivity index is 4.25. The molecule has 1 atom stereocenters. The van der Waals surface area contributed by atoms with E-state index in [0.29, 0.717) is 19.3 Å². The molecular weight excluding hydrogens is 937 g/mol. The number of unbranched alkanes of at least 4 members (excludes halogenated alkanes) is 28. The van der Waals surface area contributed by atoms with E-state index in [-0.39, 0.29) is 31.1 Å². The van der Waals surface area contributed by atoms with Crippen molar-refractivity contribution in [2.24, 2.45) is 0 Å². The Morgan fingerprint density at radius 3 is 0.816 bits per heavy atom. The van der Waals surface area contributed by atoms with Crippen LogP contribution in [-0.2, 0) is 28.6 Å². The highest BCUT2D eigenvalue weighted by Gasteiger charge is 2.19. The van der Waals surface area contributed by atoms with Gasteiger partial charge in [0.25, 0.3) is 0 Å². The van der Waals surface area contributed by atoms with Crippen LogP contribution in [0.4, 0.5) is 0 Å². The second-order valence-corrected chi connectivity index (χ2v) is 20.9. The summed E-state index contributed by atoms with van der Waals surface area (Å²) >= 11 is 0. The number of rotatable bonds is 57. The van der Waals surface area contributed by atoms with Crippen molar-refractivity contribution in [2.75, 3.05) is 13.2 Å². The van der Waals surface area contributed by atoms with Gasteiger partial charge >= 0.3 is 17.9 Å². The molecule has 6 nitrogen and oxygen atoms in total. The molecule has 0 aromatic rings. The van der Waals surface area contributed by atoms with Gasteiger partial charge < -0.3 is 14.2 Å². The van der Waals surface area contributed by atoms with Gasteiger partial charge in [0, 0.05) is 19.3 Å². The molecule has 0 aromatic heterocycles. The van der Waals surface area contributed by atoms with Crippen molar-refractivity contribution in [3.8, 4) is 0 Å². The SMILES string of the molecule is CC/C=C\C/C=C\C/C=C\C/C=C\C/C=C\C/C=C\C/C=C\C/C=C\CCCCCCCCC(=O)OCC(COC(=O)CCCCCCCCCCC)OC(=O)CCCCCCCCC/C=C\CCCCCCCCC. The van der Waals surface area contributed by atoms with Gasteiger partial charge in [-0.25, -0.2) is 0 Å². The van der Waals surface area contributed by atoms with Gasteiger partial charge in [0.2, 0.25) is 0 Å². The first-order valence-corrected chi connectivity index (χ1v) is 31.9. The van der Waals surface area contributed by atoms with Crippen molar-refractivity contribution in [2.45, 2.75) is 303 Å². The molecule has 0 amide bonds. The highest BCUT2D eigenvalue weighted by atomic mass is 16.6. The fourth-order valence-corrected chi connectivity index (χ4v) is 8.75. The summed E-state index contributed by atoms with van der Waals surface area (Å²) in [6, 6.07) is 0. The minimum atomic E-state index is -0.786. The normalized spacial score (nSPS) is 12.8. The molecule has 0 aliphatic heterocycles. The minimum absolute atomic E-state index is 0.0828. The van der Waals surface area contributed by atoms with Crippen LogP contribution in [0.1, 0.15) is 297 Å². The van der Waals surface area contributed by atoms with Crippen LogP contribution in [0.5, 0.6) is 0 Å². The van der Waals surface area contributed by atoms with Crippen molar-refractivity contribution in [3.63, 3.8) is 0 Å². The van der Waals surface area contributed by atoms with Crippen LogP contribution in [0.2, 0.25) is 0 Å². The molecule has 0 bridgehead atoms. The molecule has 0 rings (SSSR count). The van der Waals surface area contributed by atoms with Gasteiger partial charge in [0.15, 0.2) is 6.10 Å². The lowest BCUT2D eigenvalue weighted by Gasteiger charge is -2.18. The van der Waals surface area contributed by atoms with Gasteiger partial charge in [0.05, 0.1) is 0 Å². The molecule has 434 valence electrons. The molecule has 0 radical (unpaired) electrons. The maximum Gasteiger partial charge on any atom is 0.306 e. The summed E-state index contributed by atoms with van der Waals surface area (Å²) in [5.74, 6) is -0.899. The third-order valence-corrected chi connectivity index (χ3v) is 13.5. The summed E-state index contributed by atoms with van der Waals surface area (Å²) in [4.78, 5) is 38.2. The molecule has 0 spiro atoms. The van der Waals surface area contributed by atoms with Crippen LogP contribution in [0, 0.1) is 0 Å². The molecular formula is C70H118O6. The average molecular weight is 1060 g/mol. The molecule has 0 saturated carbocycles. The van der Waals surface area contributed by atoms with E-state index in [0.717, 1.165) is 122 Å². The summed E-state index contributed by atoms with van der Waals surface area (Å²) in [5, 5.41) is 0. The molecule has 0 aliphatic rings. The summed E-state index contributed by atoms with van der Waals surface area (Å²) < 4.78 is 16.9. The quantitative estimate of drug-likeness (QED) is 0.0261. The molecule has 0 aliphatic carbocycles. The number of hydrogen-bond donors (Lipinski definition) is 0. The highest BCUT2D eigenvalue weighted by molar-refractivity contribution is 5.71. The lowest BCUT2D eigenvalue weighted by Crippen LogP contribution is -2.30. The molecule has 0 fully saturated rings. The van der Waals surface area contributed by atoms with Crippen molar-refractivity contribution < 1.29 is 28.6 Å². The third kappa shape index (κ3) is 60.9. The number of carbonyl (C=O) groups is 3. The zero-order valence-electron chi connectivity index (χ0n) is 49.7. The average Bonchev–Trinajstić information content (AvgIpc) is 3.42. The minimum Gasteiger partial charge on any atom is -0.462 e. The van der Waals surface area contributed by atoms with Crippen LogP contribution in [0.15, 0.2) is 109 Å². The van der Waals surface area contributed by atoms with Gasteiger partial charge in [-0.3, -0.25) is 14.4 Å². The highest BCUT2D eigenvalue weighted by Crippen LogP contribution is 2.15. The van der Waals surface area contributed by atoms with Gasteiger partial charge in [-0.15, -0.1) is 0 Å². The number of esters is 3. The van der Waals surface area contributed by atoms with E-state index in [1.165, 1.54) is 135 Å². The zero-order chi connectivity index (χ0) is 55.0. The Kier molecular flexibility index (Phi) is 60.3. The Morgan fingerprint density at radius 2 is 0.513 bits per heavy atom. The summed E-state index contributed by atoms with van der Waals surface area (Å²) in [5.41, 5.74) is 0. The van der Waals surface area contributed by atoms with Crippen molar-refractivity contribution in [1.82, 2.24) is 0 Å². The van der Waals surface area contributed by atoms with E-state index < -0.39 is 6.10 Å². The monoisotopic (exact) mass is 1050 g/mol. The molecule has 0 aromatic carbocycles. The summed E-state index contributed by atoms with van der Waals surface area (Å²) in [6.07, 6.45) is 86.7. The van der Waals surface area contributed by atoms with Crippen LogP contribution in [0.3, 0.4) is 0 Å². The maximum atomic E-state index is 12.9. The number of ether oxygens (including phenoxy) is 3. The first kappa shape index (κ1) is 72.1. The molecule has 1 unspecified atom stereocenters. The lowest BCUT2D eigenvalue weighted by atomic mass is 10.1. The van der Waals surface area contributed by atoms with Crippen molar-refractivity contribution in [3.05, 3.63) is 109 Å². The van der Waals surface area contributed by atoms with E-state index in [9.17, 15) is 14.4 Å². The Labute approximate surface area is 470 Å².